The number of carbonyl (C=O) groups is 1. The van der Waals surface area contributed by atoms with Crippen LogP contribution in [0.15, 0.2) is 84.9 Å². The van der Waals surface area contributed by atoms with E-state index in [9.17, 15) is 15.0 Å². The molecule has 0 fully saturated rings. The Morgan fingerprint density at radius 2 is 1.65 bits per heavy atom. The highest BCUT2D eigenvalue weighted by Gasteiger charge is 2.09. The molecule has 178 valence electrons. The molecule has 0 aliphatic rings. The minimum Gasteiger partial charge on any atom is -0.493 e. The molecule has 0 saturated carbocycles. The van der Waals surface area contributed by atoms with Crippen molar-refractivity contribution in [1.29, 1.82) is 0 Å². The minimum atomic E-state index is -0.844. The van der Waals surface area contributed by atoms with E-state index in [-0.39, 0.29) is 6.42 Å². The number of hydrogen-bond donors (Lipinski definition) is 3. The van der Waals surface area contributed by atoms with Gasteiger partial charge >= 0.3 is 5.97 Å². The summed E-state index contributed by atoms with van der Waals surface area (Å²) in [5.41, 5.74) is 3.81. The van der Waals surface area contributed by atoms with Crippen molar-refractivity contribution in [1.82, 2.24) is 0 Å². The largest absolute Gasteiger partial charge is 0.493 e. The lowest BCUT2D eigenvalue weighted by Gasteiger charge is -2.13. The van der Waals surface area contributed by atoms with Crippen molar-refractivity contribution < 1.29 is 24.9 Å². The number of aryl methyl sites for hydroxylation is 2. The molecule has 3 N–H and O–H groups in total. The summed E-state index contributed by atoms with van der Waals surface area (Å²) in [5, 5.41) is 29.8. The zero-order valence-corrected chi connectivity index (χ0v) is 19.2. The Bertz CT molecular complexity index is 1060. The molecule has 0 radical (unpaired) electrons. The third-order valence-electron chi connectivity index (χ3n) is 5.61. The van der Waals surface area contributed by atoms with Crippen molar-refractivity contribution in [2.24, 2.45) is 0 Å². The van der Waals surface area contributed by atoms with Gasteiger partial charge in [0.05, 0.1) is 18.8 Å². The van der Waals surface area contributed by atoms with E-state index in [1.807, 2.05) is 72.8 Å². The lowest BCUT2D eigenvalue weighted by atomic mass is 9.99. The molecule has 3 aromatic carbocycles. The SMILES string of the molecule is O=C(O)CCc1ccccc1OCC[C@@H](O)/C=C/c1cccc(C(O)CCc2ccccc2)c1. The predicted octanol–water partition coefficient (Wildman–Crippen LogP) is 5.21. The van der Waals surface area contributed by atoms with Crippen LogP contribution in [0.25, 0.3) is 6.08 Å². The molecule has 0 aliphatic carbocycles. The van der Waals surface area contributed by atoms with Crippen molar-refractivity contribution >= 4 is 12.0 Å². The van der Waals surface area contributed by atoms with Gasteiger partial charge in [-0.2, -0.15) is 0 Å². The molecule has 5 nitrogen and oxygen atoms in total. The van der Waals surface area contributed by atoms with Gasteiger partial charge in [0.2, 0.25) is 0 Å². The van der Waals surface area contributed by atoms with E-state index >= 15 is 0 Å². The fraction of sp³-hybridized carbons (Fsp3) is 0.276. The molecule has 0 aliphatic heterocycles. The Labute approximate surface area is 201 Å². The van der Waals surface area contributed by atoms with Crippen LogP contribution in [0.5, 0.6) is 5.75 Å². The van der Waals surface area contributed by atoms with Crippen molar-refractivity contribution in [2.45, 2.75) is 44.3 Å². The highest BCUT2D eigenvalue weighted by molar-refractivity contribution is 5.67. The molecule has 5 heteroatoms. The van der Waals surface area contributed by atoms with Gasteiger partial charge in [0.1, 0.15) is 5.75 Å². The second kappa shape index (κ2) is 13.3. The Morgan fingerprint density at radius 1 is 0.882 bits per heavy atom. The first-order valence-corrected chi connectivity index (χ1v) is 11.6. The molecule has 0 spiro atoms. The zero-order valence-electron chi connectivity index (χ0n) is 19.2. The highest BCUT2D eigenvalue weighted by atomic mass is 16.5. The molecule has 0 aromatic heterocycles. The van der Waals surface area contributed by atoms with Crippen molar-refractivity contribution in [2.75, 3.05) is 6.61 Å². The van der Waals surface area contributed by atoms with Gasteiger partial charge in [-0.15, -0.1) is 0 Å². The molecule has 1 unspecified atom stereocenters. The van der Waals surface area contributed by atoms with E-state index in [2.05, 4.69) is 12.1 Å². The molecule has 34 heavy (non-hydrogen) atoms. The summed E-state index contributed by atoms with van der Waals surface area (Å²) in [6.45, 7) is 0.313. The number of carboxylic acids is 1. The number of para-hydroxylation sites is 1. The Morgan fingerprint density at radius 3 is 2.44 bits per heavy atom. The summed E-state index contributed by atoms with van der Waals surface area (Å²) >= 11 is 0. The number of aliphatic carboxylic acids is 1. The van der Waals surface area contributed by atoms with Gasteiger partial charge in [-0.1, -0.05) is 78.9 Å². The fourth-order valence-corrected chi connectivity index (χ4v) is 3.69. The number of aliphatic hydroxyl groups is 2. The number of carboxylic acid groups (broad SMARTS) is 1. The highest BCUT2D eigenvalue weighted by Crippen LogP contribution is 2.22. The van der Waals surface area contributed by atoms with Crippen molar-refractivity contribution in [3.63, 3.8) is 0 Å². The summed E-state index contributed by atoms with van der Waals surface area (Å²) in [4.78, 5) is 10.8. The molecule has 2 atom stereocenters. The minimum absolute atomic E-state index is 0.0474. The van der Waals surface area contributed by atoms with E-state index in [1.165, 1.54) is 5.56 Å². The van der Waals surface area contributed by atoms with Crippen LogP contribution >= 0.6 is 0 Å². The summed E-state index contributed by atoms with van der Waals surface area (Å²) < 4.78 is 5.79. The van der Waals surface area contributed by atoms with Gasteiger partial charge in [-0.25, -0.2) is 0 Å². The number of benzene rings is 3. The van der Waals surface area contributed by atoms with E-state index < -0.39 is 18.2 Å². The Hall–Kier alpha value is -3.41. The van der Waals surface area contributed by atoms with Crippen LogP contribution in [0.4, 0.5) is 0 Å². The van der Waals surface area contributed by atoms with Crippen molar-refractivity contribution in [3.05, 3.63) is 107 Å². The third-order valence-corrected chi connectivity index (χ3v) is 5.61. The van der Waals surface area contributed by atoms with Crippen LogP contribution in [-0.4, -0.2) is 34.0 Å². The second-order valence-corrected chi connectivity index (χ2v) is 8.28. The van der Waals surface area contributed by atoms with E-state index in [0.29, 0.717) is 31.6 Å². The van der Waals surface area contributed by atoms with Gasteiger partial charge in [0, 0.05) is 12.8 Å². The van der Waals surface area contributed by atoms with Crippen LogP contribution in [0.3, 0.4) is 0 Å². The lowest BCUT2D eigenvalue weighted by molar-refractivity contribution is -0.136. The first kappa shape index (κ1) is 25.2. The topological polar surface area (TPSA) is 87.0 Å². The van der Waals surface area contributed by atoms with Gasteiger partial charge in [-0.3, -0.25) is 4.79 Å². The fourth-order valence-electron chi connectivity index (χ4n) is 3.69. The normalized spacial score (nSPS) is 13.0. The number of aliphatic hydroxyl groups excluding tert-OH is 2. The van der Waals surface area contributed by atoms with Gasteiger partial charge in [-0.05, 0) is 53.6 Å². The molecule has 0 amide bonds. The molecule has 3 rings (SSSR count). The van der Waals surface area contributed by atoms with Crippen LogP contribution < -0.4 is 4.74 Å². The van der Waals surface area contributed by atoms with E-state index in [0.717, 1.165) is 23.1 Å². The van der Waals surface area contributed by atoms with Crippen LogP contribution in [0, 0.1) is 0 Å². The molecular formula is C29H32O5. The molecule has 0 heterocycles. The van der Waals surface area contributed by atoms with Crippen LogP contribution in [-0.2, 0) is 17.6 Å². The lowest BCUT2D eigenvalue weighted by Crippen LogP contribution is -2.10. The van der Waals surface area contributed by atoms with Crippen molar-refractivity contribution in [3.8, 4) is 5.75 Å². The average molecular weight is 461 g/mol. The van der Waals surface area contributed by atoms with E-state index in [1.54, 1.807) is 6.08 Å². The predicted molar refractivity (Wildman–Crippen MR) is 134 cm³/mol. The van der Waals surface area contributed by atoms with Gasteiger partial charge in [0.15, 0.2) is 0 Å². The standard InChI is InChI=1S/C29H32O5/c30-26(19-20-34-28-12-5-4-10-24(28)15-18-29(32)33)16-13-23-9-6-11-25(21-23)27(31)17-14-22-7-2-1-3-8-22/h1-13,16,21,26-27,30-31H,14-15,17-20H2,(H,32,33)/b16-13+/t26-,27?/m0/s1. The Balaban J connectivity index is 1.47. The molecule has 0 bridgehead atoms. The first-order chi connectivity index (χ1) is 16.5. The summed E-state index contributed by atoms with van der Waals surface area (Å²) in [6.07, 6.45) is 4.64. The average Bonchev–Trinajstić information content (AvgIpc) is 2.86. The maximum atomic E-state index is 10.8. The Kier molecular flexibility index (Phi) is 9.89. The second-order valence-electron chi connectivity index (χ2n) is 8.28. The maximum absolute atomic E-state index is 10.8. The third kappa shape index (κ3) is 8.50. The molecular weight excluding hydrogens is 428 g/mol. The maximum Gasteiger partial charge on any atom is 0.303 e. The van der Waals surface area contributed by atoms with E-state index in [4.69, 9.17) is 9.84 Å². The molecule has 3 aromatic rings. The molecule has 0 saturated heterocycles. The van der Waals surface area contributed by atoms with Gasteiger partial charge < -0.3 is 20.1 Å². The summed E-state index contributed by atoms with van der Waals surface area (Å²) in [7, 11) is 0. The van der Waals surface area contributed by atoms with Crippen LogP contribution in [0.2, 0.25) is 0 Å². The quantitative estimate of drug-likeness (QED) is 0.326. The zero-order chi connectivity index (χ0) is 24.2. The van der Waals surface area contributed by atoms with Crippen LogP contribution in [0.1, 0.15) is 47.6 Å². The number of rotatable bonds is 13. The summed E-state index contributed by atoms with van der Waals surface area (Å²) in [6, 6.07) is 25.2. The first-order valence-electron chi connectivity index (χ1n) is 11.6. The monoisotopic (exact) mass is 460 g/mol. The smallest absolute Gasteiger partial charge is 0.303 e. The van der Waals surface area contributed by atoms with Gasteiger partial charge in [0.25, 0.3) is 0 Å². The summed E-state index contributed by atoms with van der Waals surface area (Å²) in [5.74, 6) is -0.194. The number of ether oxygens (including phenoxy) is 1. The number of hydrogen-bond acceptors (Lipinski definition) is 4.